The predicted octanol–water partition coefficient (Wildman–Crippen LogP) is 1.69. The summed E-state index contributed by atoms with van der Waals surface area (Å²) in [6, 6.07) is 9.19. The first-order chi connectivity index (χ1) is 14.2. The van der Waals surface area contributed by atoms with Crippen molar-refractivity contribution in [3.05, 3.63) is 58.6 Å². The quantitative estimate of drug-likeness (QED) is 0.614. The number of benzene rings is 1. The van der Waals surface area contributed by atoms with E-state index in [-0.39, 0.29) is 17.6 Å². The number of nitrogens with one attached hydrogen (secondary N) is 1. The van der Waals surface area contributed by atoms with Crippen LogP contribution >= 0.6 is 0 Å². The lowest BCUT2D eigenvalue weighted by Crippen LogP contribution is -2.28. The summed E-state index contributed by atoms with van der Waals surface area (Å²) >= 11 is 0. The van der Waals surface area contributed by atoms with E-state index in [0.29, 0.717) is 42.2 Å². The third-order valence-electron chi connectivity index (χ3n) is 5.00. The molecular weight excluding hydrogens is 372 g/mol. The summed E-state index contributed by atoms with van der Waals surface area (Å²) in [5.41, 5.74) is 1.57. The van der Waals surface area contributed by atoms with Gasteiger partial charge in [-0.15, -0.1) is 0 Å². The van der Waals surface area contributed by atoms with Crippen molar-refractivity contribution in [3.63, 3.8) is 0 Å². The molecule has 0 radical (unpaired) electrons. The molecule has 0 bridgehead atoms. The summed E-state index contributed by atoms with van der Waals surface area (Å²) in [5, 5.41) is 7.29. The molecule has 1 fully saturated rings. The second-order valence-electron chi connectivity index (χ2n) is 7.07. The molecule has 3 heterocycles. The number of pyridine rings is 1. The molecular formula is C21H24N4O4. The smallest absolute Gasteiger partial charge is 0.282 e. The minimum Gasteiger partial charge on any atom is -0.383 e. The molecule has 3 aliphatic heterocycles. The van der Waals surface area contributed by atoms with E-state index in [1.807, 2.05) is 34.9 Å². The highest BCUT2D eigenvalue weighted by Crippen LogP contribution is 2.23. The number of para-hydroxylation sites is 1. The second-order valence-corrected chi connectivity index (χ2v) is 7.07. The van der Waals surface area contributed by atoms with Crippen molar-refractivity contribution in [2.24, 2.45) is 0 Å². The van der Waals surface area contributed by atoms with E-state index in [1.54, 1.807) is 19.5 Å². The molecule has 4 rings (SSSR count). The van der Waals surface area contributed by atoms with Gasteiger partial charge in [-0.05, 0) is 25.0 Å². The minimum atomic E-state index is -0.286. The number of carbonyl (C=O) groups is 1. The Kier molecular flexibility index (Phi) is 5.73. The van der Waals surface area contributed by atoms with Crippen LogP contribution in [0.5, 0.6) is 0 Å². The number of hydrogen-bond donors (Lipinski definition) is 1. The van der Waals surface area contributed by atoms with Gasteiger partial charge >= 0.3 is 0 Å². The van der Waals surface area contributed by atoms with Crippen molar-refractivity contribution < 1.29 is 14.3 Å². The van der Waals surface area contributed by atoms with E-state index in [4.69, 9.17) is 9.47 Å². The molecule has 1 saturated heterocycles. The fourth-order valence-corrected chi connectivity index (χ4v) is 3.56. The van der Waals surface area contributed by atoms with Gasteiger partial charge in [-0.25, -0.2) is 0 Å². The Labute approximate surface area is 168 Å². The molecule has 0 aliphatic carbocycles. The van der Waals surface area contributed by atoms with Gasteiger partial charge < -0.3 is 19.4 Å². The molecule has 1 aromatic rings. The Morgan fingerprint density at radius 3 is 2.86 bits per heavy atom. The number of carbonyl (C=O) groups excluding carboxylic acids is 1. The SMILES string of the molecule is COCCNC(=O)c1cn(C[C@@H]2CCCO2)cc2c(=O)n(-c3ccccc3)nc1-2. The lowest BCUT2D eigenvalue weighted by atomic mass is 10.1. The van der Waals surface area contributed by atoms with Crippen LogP contribution in [0.25, 0.3) is 16.9 Å². The third-order valence-corrected chi connectivity index (χ3v) is 5.00. The zero-order valence-electron chi connectivity index (χ0n) is 16.3. The molecule has 0 aromatic heterocycles. The molecule has 8 nitrogen and oxygen atoms in total. The van der Waals surface area contributed by atoms with Crippen LogP contribution < -0.4 is 10.9 Å². The minimum absolute atomic E-state index is 0.0844. The van der Waals surface area contributed by atoms with Crippen LogP contribution in [-0.4, -0.2) is 53.2 Å². The number of hydrogen-bond acceptors (Lipinski definition) is 5. The fourth-order valence-electron chi connectivity index (χ4n) is 3.56. The number of aromatic nitrogens is 3. The van der Waals surface area contributed by atoms with Crippen molar-refractivity contribution in [1.82, 2.24) is 19.7 Å². The van der Waals surface area contributed by atoms with E-state index in [0.717, 1.165) is 19.4 Å². The number of fused-ring (bicyclic) bond motifs is 1. The maximum Gasteiger partial charge on any atom is 0.282 e. The zero-order chi connectivity index (χ0) is 20.2. The molecule has 1 amide bonds. The molecule has 29 heavy (non-hydrogen) atoms. The fraction of sp³-hybridized carbons (Fsp3) is 0.381. The van der Waals surface area contributed by atoms with Crippen LogP contribution in [0, 0.1) is 0 Å². The maximum absolute atomic E-state index is 13.1. The van der Waals surface area contributed by atoms with Gasteiger partial charge in [0, 0.05) is 39.2 Å². The van der Waals surface area contributed by atoms with Gasteiger partial charge in [-0.3, -0.25) is 9.59 Å². The third kappa shape index (κ3) is 4.08. The van der Waals surface area contributed by atoms with Crippen molar-refractivity contribution in [2.75, 3.05) is 26.9 Å². The van der Waals surface area contributed by atoms with E-state index in [2.05, 4.69) is 10.4 Å². The molecule has 0 unspecified atom stereocenters. The number of ether oxygens (including phenoxy) is 2. The summed E-state index contributed by atoms with van der Waals surface area (Å²) in [4.78, 5) is 25.9. The average molecular weight is 396 g/mol. The van der Waals surface area contributed by atoms with Crippen molar-refractivity contribution >= 4 is 5.91 Å². The van der Waals surface area contributed by atoms with Crippen molar-refractivity contribution in [1.29, 1.82) is 0 Å². The highest BCUT2D eigenvalue weighted by atomic mass is 16.5. The highest BCUT2D eigenvalue weighted by Gasteiger charge is 2.25. The molecule has 1 atom stereocenters. The number of rotatable bonds is 7. The van der Waals surface area contributed by atoms with E-state index in [1.165, 1.54) is 4.68 Å². The zero-order valence-corrected chi connectivity index (χ0v) is 16.3. The van der Waals surface area contributed by atoms with Crippen LogP contribution in [0.2, 0.25) is 0 Å². The Hall–Kier alpha value is -2.97. The van der Waals surface area contributed by atoms with Gasteiger partial charge in [0.2, 0.25) is 0 Å². The molecule has 152 valence electrons. The number of nitrogens with zero attached hydrogens (tertiary/aromatic N) is 3. The standard InChI is InChI=1S/C21H24N4O4/c1-28-11-9-22-20(26)17-13-24(12-16-8-5-10-29-16)14-18-19(17)23-25(21(18)27)15-6-3-2-4-7-15/h2-4,6-7,13-14,16H,5,8-12H2,1H3,(H,22,26)/t16-/m0/s1. The molecule has 0 saturated carbocycles. The van der Waals surface area contributed by atoms with Gasteiger partial charge in [0.05, 0.1) is 29.5 Å². The first-order valence-electron chi connectivity index (χ1n) is 9.74. The normalized spacial score (nSPS) is 16.4. The van der Waals surface area contributed by atoms with E-state index >= 15 is 0 Å². The lowest BCUT2D eigenvalue weighted by molar-refractivity contribution is 0.0925. The van der Waals surface area contributed by atoms with Gasteiger partial charge in [-0.2, -0.15) is 9.78 Å². The van der Waals surface area contributed by atoms with Crippen LogP contribution in [0.4, 0.5) is 0 Å². The first-order valence-corrected chi connectivity index (χ1v) is 9.74. The Morgan fingerprint density at radius 2 is 2.14 bits per heavy atom. The molecule has 1 aromatic carbocycles. The second kappa shape index (κ2) is 8.59. The largest absolute Gasteiger partial charge is 0.383 e. The average Bonchev–Trinajstić information content (AvgIpc) is 3.36. The van der Waals surface area contributed by atoms with E-state index < -0.39 is 0 Å². The van der Waals surface area contributed by atoms with Crippen LogP contribution in [0.15, 0.2) is 47.5 Å². The number of methoxy groups -OCH3 is 1. The van der Waals surface area contributed by atoms with Crippen molar-refractivity contribution in [3.8, 4) is 16.9 Å². The van der Waals surface area contributed by atoms with Gasteiger partial charge in [0.15, 0.2) is 0 Å². The molecule has 3 aliphatic rings. The van der Waals surface area contributed by atoms with Crippen molar-refractivity contribution in [2.45, 2.75) is 25.5 Å². The molecule has 8 heteroatoms. The van der Waals surface area contributed by atoms with Crippen LogP contribution in [-0.2, 0) is 16.0 Å². The summed E-state index contributed by atoms with van der Waals surface area (Å²) in [6.07, 6.45) is 5.58. The predicted molar refractivity (Wildman–Crippen MR) is 108 cm³/mol. The van der Waals surface area contributed by atoms with Gasteiger partial charge in [0.25, 0.3) is 11.5 Å². The summed E-state index contributed by atoms with van der Waals surface area (Å²) in [7, 11) is 1.58. The van der Waals surface area contributed by atoms with Gasteiger partial charge in [0.1, 0.15) is 5.69 Å². The van der Waals surface area contributed by atoms with E-state index in [9.17, 15) is 9.59 Å². The summed E-state index contributed by atoms with van der Waals surface area (Å²) in [6.45, 7) is 2.12. The number of amides is 1. The first kappa shape index (κ1) is 19.4. The summed E-state index contributed by atoms with van der Waals surface area (Å²) < 4.78 is 13.9. The maximum atomic E-state index is 13.1. The Morgan fingerprint density at radius 1 is 1.31 bits per heavy atom. The van der Waals surface area contributed by atoms with Gasteiger partial charge in [-0.1, -0.05) is 18.2 Å². The molecule has 1 N–H and O–H groups in total. The summed E-state index contributed by atoms with van der Waals surface area (Å²) in [5.74, 6) is -0.286. The van der Waals surface area contributed by atoms with Crippen LogP contribution in [0.3, 0.4) is 0 Å². The highest BCUT2D eigenvalue weighted by molar-refractivity contribution is 5.99. The topological polar surface area (TPSA) is 87.4 Å². The molecule has 0 spiro atoms. The lowest BCUT2D eigenvalue weighted by Gasteiger charge is -2.16. The van der Waals surface area contributed by atoms with Crippen LogP contribution in [0.1, 0.15) is 23.2 Å². The Balaban J connectivity index is 1.77. The Bertz CT molecular complexity index is 1010. The monoisotopic (exact) mass is 396 g/mol.